The van der Waals surface area contributed by atoms with Gasteiger partial charge >= 0.3 is 17.9 Å². The van der Waals surface area contributed by atoms with Crippen molar-refractivity contribution in [3.05, 3.63) is 109 Å². The van der Waals surface area contributed by atoms with Crippen molar-refractivity contribution < 1.29 is 28.6 Å². The molecule has 0 aromatic rings. The van der Waals surface area contributed by atoms with Gasteiger partial charge in [-0.1, -0.05) is 259 Å². The molecule has 0 amide bonds. The van der Waals surface area contributed by atoms with E-state index in [-0.39, 0.29) is 31.1 Å². The minimum absolute atomic E-state index is 0.0865. The Bertz CT molecular complexity index is 1440. The number of ether oxygens (including phenoxy) is 3. The molecule has 0 aliphatic rings. The van der Waals surface area contributed by atoms with E-state index < -0.39 is 6.10 Å². The van der Waals surface area contributed by atoms with Crippen molar-refractivity contribution in [3.63, 3.8) is 0 Å². The summed E-state index contributed by atoms with van der Waals surface area (Å²) in [5, 5.41) is 0. The predicted octanol–water partition coefficient (Wildman–Crippen LogP) is 19.5. The normalized spacial score (nSPS) is 12.9. The fourth-order valence-electron chi connectivity index (χ4n) is 7.73. The van der Waals surface area contributed by atoms with Gasteiger partial charge in [-0.2, -0.15) is 0 Å². The highest BCUT2D eigenvalue weighted by molar-refractivity contribution is 5.71. The van der Waals surface area contributed by atoms with E-state index in [2.05, 4.69) is 130 Å². The molecular formula is C64H106O6. The highest BCUT2D eigenvalue weighted by Crippen LogP contribution is 2.15. The second-order valence-electron chi connectivity index (χ2n) is 18.8. The molecule has 0 bridgehead atoms. The van der Waals surface area contributed by atoms with E-state index in [1.165, 1.54) is 96.3 Å². The summed E-state index contributed by atoms with van der Waals surface area (Å²) in [4.78, 5) is 37.9. The van der Waals surface area contributed by atoms with Crippen molar-refractivity contribution in [2.24, 2.45) is 0 Å². The van der Waals surface area contributed by atoms with Crippen molar-refractivity contribution in [3.8, 4) is 0 Å². The first kappa shape index (κ1) is 66.1. The van der Waals surface area contributed by atoms with E-state index in [0.29, 0.717) is 19.3 Å². The molecule has 0 heterocycles. The summed E-state index contributed by atoms with van der Waals surface area (Å²) in [6.45, 7) is 6.46. The first-order valence-corrected chi connectivity index (χ1v) is 28.9. The van der Waals surface area contributed by atoms with Crippen molar-refractivity contribution in [2.45, 2.75) is 264 Å². The minimum atomic E-state index is -0.788. The molecule has 0 radical (unpaired) electrons. The molecule has 1 atom stereocenters. The number of hydrogen-bond donors (Lipinski definition) is 0. The van der Waals surface area contributed by atoms with E-state index >= 15 is 0 Å². The van der Waals surface area contributed by atoms with Crippen LogP contribution in [-0.4, -0.2) is 37.2 Å². The lowest BCUT2D eigenvalue weighted by atomic mass is 10.0. The molecule has 1 unspecified atom stereocenters. The molecule has 0 saturated carbocycles. The Kier molecular flexibility index (Phi) is 54.4. The molecule has 0 aromatic carbocycles. The largest absolute Gasteiger partial charge is 0.462 e. The van der Waals surface area contributed by atoms with Crippen LogP contribution in [0, 0.1) is 0 Å². The van der Waals surface area contributed by atoms with Crippen LogP contribution >= 0.6 is 0 Å². The van der Waals surface area contributed by atoms with Gasteiger partial charge in [0, 0.05) is 19.3 Å². The van der Waals surface area contributed by atoms with E-state index in [4.69, 9.17) is 14.2 Å². The molecule has 0 aliphatic carbocycles. The summed E-state index contributed by atoms with van der Waals surface area (Å²) in [6, 6.07) is 0. The van der Waals surface area contributed by atoms with Gasteiger partial charge in [-0.25, -0.2) is 0 Å². The topological polar surface area (TPSA) is 78.9 Å². The predicted molar refractivity (Wildman–Crippen MR) is 302 cm³/mol. The van der Waals surface area contributed by atoms with Crippen LogP contribution in [0.2, 0.25) is 0 Å². The molecule has 70 heavy (non-hydrogen) atoms. The fourth-order valence-corrected chi connectivity index (χ4v) is 7.73. The Morgan fingerprint density at radius 3 is 0.871 bits per heavy atom. The van der Waals surface area contributed by atoms with Crippen LogP contribution in [0.15, 0.2) is 109 Å². The molecule has 0 aromatic heterocycles. The molecule has 0 rings (SSSR count). The van der Waals surface area contributed by atoms with Crippen molar-refractivity contribution >= 4 is 17.9 Å². The number of esters is 3. The molecule has 6 heteroatoms. The number of allylic oxidation sites excluding steroid dienone is 18. The zero-order valence-electron chi connectivity index (χ0n) is 45.5. The standard InChI is InChI=1S/C64H106O6/c1-4-7-10-13-16-19-21-23-24-25-26-27-28-29-30-31-32-33-34-35-36-37-38-39-40-42-43-45-48-51-54-57-63(66)69-60-61(59-68-62(65)56-53-50-47-18-15-12-9-6-3)70-64(67)58-55-52-49-46-44-41-22-20-17-14-11-8-5-2/h7,10,16,19,23-24,26-27,29-30,32-33,35-36,38-39,42-43,61H,4-6,8-9,11-15,17-18,20-22,25,28,31,34,37,40-41,44-60H2,1-3H3/b10-7-,19-16-,24-23-,27-26-,30-29-,33-32-,36-35-,39-38-,43-42-. The fraction of sp³-hybridized carbons (Fsp3) is 0.672. The summed E-state index contributed by atoms with van der Waals surface area (Å²) in [6.07, 6.45) is 78.1. The van der Waals surface area contributed by atoms with Crippen LogP contribution in [0.25, 0.3) is 0 Å². The van der Waals surface area contributed by atoms with Crippen molar-refractivity contribution in [2.75, 3.05) is 13.2 Å². The quantitative estimate of drug-likeness (QED) is 0.0262. The molecule has 0 aliphatic heterocycles. The van der Waals surface area contributed by atoms with Crippen LogP contribution < -0.4 is 0 Å². The van der Waals surface area contributed by atoms with Gasteiger partial charge in [-0.3, -0.25) is 14.4 Å². The summed E-state index contributed by atoms with van der Waals surface area (Å²) < 4.78 is 16.7. The molecule has 0 saturated heterocycles. The lowest BCUT2D eigenvalue weighted by molar-refractivity contribution is -0.167. The molecule has 6 nitrogen and oxygen atoms in total. The average molecular weight is 972 g/mol. The van der Waals surface area contributed by atoms with Crippen molar-refractivity contribution in [1.82, 2.24) is 0 Å². The first-order valence-electron chi connectivity index (χ1n) is 28.9. The van der Waals surface area contributed by atoms with Gasteiger partial charge in [-0.05, 0) is 89.9 Å². The van der Waals surface area contributed by atoms with Crippen LogP contribution in [0.4, 0.5) is 0 Å². The minimum Gasteiger partial charge on any atom is -0.462 e. The highest BCUT2D eigenvalue weighted by Gasteiger charge is 2.19. The Morgan fingerprint density at radius 1 is 0.300 bits per heavy atom. The smallest absolute Gasteiger partial charge is 0.306 e. The highest BCUT2D eigenvalue weighted by atomic mass is 16.6. The lowest BCUT2D eigenvalue weighted by Crippen LogP contribution is -2.30. The number of hydrogen-bond acceptors (Lipinski definition) is 6. The summed E-state index contributed by atoms with van der Waals surface area (Å²) >= 11 is 0. The van der Waals surface area contributed by atoms with Gasteiger partial charge in [0.1, 0.15) is 13.2 Å². The third-order valence-corrected chi connectivity index (χ3v) is 12.0. The molecule has 0 spiro atoms. The van der Waals surface area contributed by atoms with E-state index in [1.807, 2.05) is 0 Å². The zero-order valence-corrected chi connectivity index (χ0v) is 45.5. The molecule has 0 fully saturated rings. The van der Waals surface area contributed by atoms with Crippen LogP contribution in [-0.2, 0) is 28.6 Å². The summed E-state index contributed by atoms with van der Waals surface area (Å²) in [5.74, 6) is -0.924. The Balaban J connectivity index is 4.25. The number of rotatable bonds is 51. The Labute approximate surface area is 431 Å². The van der Waals surface area contributed by atoms with Gasteiger partial charge in [0.05, 0.1) is 0 Å². The second-order valence-corrected chi connectivity index (χ2v) is 18.8. The van der Waals surface area contributed by atoms with Crippen LogP contribution in [0.3, 0.4) is 0 Å². The maximum absolute atomic E-state index is 12.8. The van der Waals surface area contributed by atoms with Gasteiger partial charge in [0.2, 0.25) is 0 Å². The third-order valence-electron chi connectivity index (χ3n) is 12.0. The molecular weight excluding hydrogens is 865 g/mol. The zero-order chi connectivity index (χ0) is 50.7. The number of unbranched alkanes of at least 4 members (excludes halogenated alkanes) is 22. The van der Waals surface area contributed by atoms with Crippen LogP contribution in [0.5, 0.6) is 0 Å². The maximum atomic E-state index is 12.8. The average Bonchev–Trinajstić information content (AvgIpc) is 3.36. The van der Waals surface area contributed by atoms with E-state index in [9.17, 15) is 14.4 Å². The Hall–Kier alpha value is -3.93. The van der Waals surface area contributed by atoms with Gasteiger partial charge < -0.3 is 14.2 Å². The SMILES string of the molecule is CC/C=C\C/C=C\C/C=C\C/C=C\C/C=C\C/C=C\C/C=C\C/C=C\C/C=C\CCCCCC(=O)OCC(COC(=O)CCCCCCCCCC)OC(=O)CCCCCCCCCCCCCCC. The number of carbonyl (C=O) groups excluding carboxylic acids is 3. The maximum Gasteiger partial charge on any atom is 0.306 e. The second kappa shape index (κ2) is 57.6. The summed E-state index contributed by atoms with van der Waals surface area (Å²) in [5.41, 5.74) is 0. The van der Waals surface area contributed by atoms with Gasteiger partial charge in [0.25, 0.3) is 0 Å². The van der Waals surface area contributed by atoms with E-state index in [0.717, 1.165) is 122 Å². The van der Waals surface area contributed by atoms with E-state index in [1.54, 1.807) is 0 Å². The molecule has 398 valence electrons. The van der Waals surface area contributed by atoms with Crippen LogP contribution in [0.1, 0.15) is 258 Å². The number of carbonyl (C=O) groups is 3. The third kappa shape index (κ3) is 55.0. The first-order chi connectivity index (χ1) is 34.5. The monoisotopic (exact) mass is 971 g/mol. The van der Waals surface area contributed by atoms with Gasteiger partial charge in [-0.15, -0.1) is 0 Å². The van der Waals surface area contributed by atoms with Crippen molar-refractivity contribution in [1.29, 1.82) is 0 Å². The summed E-state index contributed by atoms with van der Waals surface area (Å²) in [7, 11) is 0. The molecule has 0 N–H and O–H groups in total. The van der Waals surface area contributed by atoms with Gasteiger partial charge in [0.15, 0.2) is 6.10 Å². The lowest BCUT2D eigenvalue weighted by Gasteiger charge is -2.18. The Morgan fingerprint density at radius 2 is 0.557 bits per heavy atom.